The third-order valence-electron chi connectivity index (χ3n) is 2.67. The van der Waals surface area contributed by atoms with Crippen molar-refractivity contribution in [3.05, 3.63) is 23.7 Å². The van der Waals surface area contributed by atoms with Gasteiger partial charge in [0, 0.05) is 13.7 Å². The molecule has 1 unspecified atom stereocenters. The normalized spacial score (nSPS) is 12.1. The SMILES string of the molecule is CCCC(CNC(=O)c1ccc(COC)o1)C(=O)O. The van der Waals surface area contributed by atoms with Gasteiger partial charge in [-0.15, -0.1) is 0 Å². The molecule has 0 aromatic carbocycles. The number of aliphatic carboxylic acids is 1. The highest BCUT2D eigenvalue weighted by molar-refractivity contribution is 5.91. The van der Waals surface area contributed by atoms with Crippen LogP contribution in [0.5, 0.6) is 0 Å². The van der Waals surface area contributed by atoms with Crippen molar-refractivity contribution < 1.29 is 23.8 Å². The first-order chi connectivity index (χ1) is 9.08. The van der Waals surface area contributed by atoms with E-state index in [2.05, 4.69) is 5.32 Å². The first-order valence-electron chi connectivity index (χ1n) is 6.17. The topological polar surface area (TPSA) is 88.8 Å². The Bertz CT molecular complexity index is 426. The summed E-state index contributed by atoms with van der Waals surface area (Å²) in [4.78, 5) is 22.7. The van der Waals surface area contributed by atoms with E-state index in [-0.39, 0.29) is 12.3 Å². The molecule has 1 rings (SSSR count). The van der Waals surface area contributed by atoms with Crippen molar-refractivity contribution in [1.82, 2.24) is 5.32 Å². The van der Waals surface area contributed by atoms with Crippen molar-refractivity contribution in [2.45, 2.75) is 26.4 Å². The fourth-order valence-electron chi connectivity index (χ4n) is 1.68. The van der Waals surface area contributed by atoms with E-state index in [1.165, 1.54) is 7.11 Å². The highest BCUT2D eigenvalue weighted by Crippen LogP contribution is 2.10. The van der Waals surface area contributed by atoms with E-state index in [4.69, 9.17) is 14.3 Å². The predicted molar refractivity (Wildman–Crippen MR) is 67.8 cm³/mol. The van der Waals surface area contributed by atoms with Gasteiger partial charge in [0.15, 0.2) is 5.76 Å². The fraction of sp³-hybridized carbons (Fsp3) is 0.538. The number of nitrogens with one attached hydrogen (secondary N) is 1. The van der Waals surface area contributed by atoms with Gasteiger partial charge in [-0.3, -0.25) is 9.59 Å². The maximum absolute atomic E-state index is 11.8. The molecule has 1 atom stereocenters. The van der Waals surface area contributed by atoms with E-state index in [9.17, 15) is 9.59 Å². The zero-order valence-corrected chi connectivity index (χ0v) is 11.1. The molecule has 0 saturated carbocycles. The van der Waals surface area contributed by atoms with E-state index >= 15 is 0 Å². The quantitative estimate of drug-likeness (QED) is 0.749. The molecule has 6 heteroatoms. The third kappa shape index (κ3) is 4.75. The molecule has 1 amide bonds. The third-order valence-corrected chi connectivity index (χ3v) is 2.67. The summed E-state index contributed by atoms with van der Waals surface area (Å²) in [5.41, 5.74) is 0. The van der Waals surface area contributed by atoms with Gasteiger partial charge < -0.3 is 19.6 Å². The molecule has 1 aromatic heterocycles. The van der Waals surface area contributed by atoms with Gasteiger partial charge in [0.1, 0.15) is 12.4 Å². The van der Waals surface area contributed by atoms with Gasteiger partial charge >= 0.3 is 5.97 Å². The van der Waals surface area contributed by atoms with E-state index in [1.807, 2.05) is 6.92 Å². The maximum Gasteiger partial charge on any atom is 0.308 e. The lowest BCUT2D eigenvalue weighted by Gasteiger charge is -2.11. The molecule has 0 fully saturated rings. The predicted octanol–water partition coefficient (Wildman–Crippen LogP) is 1.66. The lowest BCUT2D eigenvalue weighted by atomic mass is 10.0. The van der Waals surface area contributed by atoms with Gasteiger partial charge in [-0.1, -0.05) is 13.3 Å². The number of hydrogen-bond donors (Lipinski definition) is 2. The lowest BCUT2D eigenvalue weighted by Crippen LogP contribution is -2.32. The van der Waals surface area contributed by atoms with E-state index in [0.717, 1.165) is 6.42 Å². The van der Waals surface area contributed by atoms with Gasteiger partial charge in [-0.05, 0) is 18.6 Å². The summed E-state index contributed by atoms with van der Waals surface area (Å²) < 4.78 is 10.1. The van der Waals surface area contributed by atoms with Gasteiger partial charge in [0.25, 0.3) is 5.91 Å². The van der Waals surface area contributed by atoms with E-state index in [0.29, 0.717) is 18.8 Å². The highest BCUT2D eigenvalue weighted by Gasteiger charge is 2.18. The van der Waals surface area contributed by atoms with Crippen LogP contribution in [0.25, 0.3) is 0 Å². The molecule has 6 nitrogen and oxygen atoms in total. The van der Waals surface area contributed by atoms with Gasteiger partial charge in [-0.2, -0.15) is 0 Å². The van der Waals surface area contributed by atoms with Crippen LogP contribution in [-0.2, 0) is 16.1 Å². The second kappa shape index (κ2) is 7.58. The molecular formula is C13H19NO5. The Kier molecular flexibility index (Phi) is 6.08. The molecule has 0 radical (unpaired) electrons. The number of hydrogen-bond acceptors (Lipinski definition) is 4. The Morgan fingerprint density at radius 3 is 2.79 bits per heavy atom. The number of carboxylic acids is 1. The minimum absolute atomic E-state index is 0.0995. The van der Waals surface area contributed by atoms with Crippen LogP contribution < -0.4 is 5.32 Å². The van der Waals surface area contributed by atoms with Gasteiger partial charge in [0.05, 0.1) is 5.92 Å². The zero-order valence-electron chi connectivity index (χ0n) is 11.1. The number of carbonyl (C=O) groups excluding carboxylic acids is 1. The Morgan fingerprint density at radius 2 is 2.21 bits per heavy atom. The van der Waals surface area contributed by atoms with Crippen molar-refractivity contribution in [2.75, 3.05) is 13.7 Å². The number of rotatable bonds is 8. The van der Waals surface area contributed by atoms with Crippen LogP contribution in [0.2, 0.25) is 0 Å². The number of carboxylic acid groups (broad SMARTS) is 1. The Morgan fingerprint density at radius 1 is 1.47 bits per heavy atom. The molecule has 0 aliphatic heterocycles. The average molecular weight is 269 g/mol. The molecule has 1 heterocycles. The summed E-state index contributed by atoms with van der Waals surface area (Å²) in [5.74, 6) is -1.17. The summed E-state index contributed by atoms with van der Waals surface area (Å²) in [6.07, 6.45) is 1.29. The van der Waals surface area contributed by atoms with Crippen LogP contribution >= 0.6 is 0 Å². The lowest BCUT2D eigenvalue weighted by molar-refractivity contribution is -0.141. The van der Waals surface area contributed by atoms with E-state index < -0.39 is 17.8 Å². The summed E-state index contributed by atoms with van der Waals surface area (Å²) in [5, 5.41) is 11.5. The van der Waals surface area contributed by atoms with Crippen molar-refractivity contribution in [2.24, 2.45) is 5.92 Å². The summed E-state index contributed by atoms with van der Waals surface area (Å²) >= 11 is 0. The molecule has 0 aliphatic carbocycles. The summed E-state index contributed by atoms with van der Waals surface area (Å²) in [7, 11) is 1.53. The average Bonchev–Trinajstić information content (AvgIpc) is 2.83. The van der Waals surface area contributed by atoms with Crippen LogP contribution in [0.15, 0.2) is 16.5 Å². The Hall–Kier alpha value is -1.82. The molecule has 1 aromatic rings. The van der Waals surface area contributed by atoms with Gasteiger partial charge in [-0.25, -0.2) is 0 Å². The smallest absolute Gasteiger partial charge is 0.308 e. The maximum atomic E-state index is 11.8. The zero-order chi connectivity index (χ0) is 14.3. The van der Waals surface area contributed by atoms with Crippen LogP contribution in [0.4, 0.5) is 0 Å². The van der Waals surface area contributed by atoms with Crippen LogP contribution in [0.1, 0.15) is 36.1 Å². The number of methoxy groups -OCH3 is 1. The molecule has 19 heavy (non-hydrogen) atoms. The second-order valence-electron chi connectivity index (χ2n) is 4.23. The Balaban J connectivity index is 2.51. The standard InChI is InChI=1S/C13H19NO5/c1-3-4-9(13(16)17)7-14-12(15)11-6-5-10(19-11)8-18-2/h5-6,9H,3-4,7-8H2,1-2H3,(H,14,15)(H,16,17). The first-order valence-corrected chi connectivity index (χ1v) is 6.17. The van der Waals surface area contributed by atoms with Crippen molar-refractivity contribution >= 4 is 11.9 Å². The summed E-state index contributed by atoms with van der Waals surface area (Å²) in [6, 6.07) is 3.19. The largest absolute Gasteiger partial charge is 0.481 e. The second-order valence-corrected chi connectivity index (χ2v) is 4.23. The molecule has 0 spiro atoms. The van der Waals surface area contributed by atoms with Crippen molar-refractivity contribution in [3.8, 4) is 0 Å². The van der Waals surface area contributed by atoms with E-state index in [1.54, 1.807) is 12.1 Å². The number of carbonyl (C=O) groups is 2. The van der Waals surface area contributed by atoms with Crippen molar-refractivity contribution in [3.63, 3.8) is 0 Å². The molecule has 106 valence electrons. The molecule has 0 aliphatic rings. The summed E-state index contributed by atoms with van der Waals surface area (Å²) in [6.45, 7) is 2.30. The number of furan rings is 1. The monoisotopic (exact) mass is 269 g/mol. The molecule has 0 bridgehead atoms. The van der Waals surface area contributed by atoms with Crippen LogP contribution in [0.3, 0.4) is 0 Å². The van der Waals surface area contributed by atoms with Crippen LogP contribution in [-0.4, -0.2) is 30.6 Å². The molecule has 2 N–H and O–H groups in total. The van der Waals surface area contributed by atoms with Crippen molar-refractivity contribution in [1.29, 1.82) is 0 Å². The minimum atomic E-state index is -0.901. The van der Waals surface area contributed by atoms with Gasteiger partial charge in [0.2, 0.25) is 0 Å². The molecule has 0 saturated heterocycles. The highest BCUT2D eigenvalue weighted by atomic mass is 16.5. The van der Waals surface area contributed by atoms with Crippen LogP contribution in [0, 0.1) is 5.92 Å². The molecular weight excluding hydrogens is 250 g/mol. The fourth-order valence-corrected chi connectivity index (χ4v) is 1.68. The minimum Gasteiger partial charge on any atom is -0.481 e. The number of amides is 1. The number of ether oxygens (including phenoxy) is 1. The Labute approximate surface area is 111 Å². The first kappa shape index (κ1) is 15.2.